The lowest BCUT2D eigenvalue weighted by atomic mass is 9.97. The zero-order chi connectivity index (χ0) is 21.5. The molecule has 1 aromatic carbocycles. The summed E-state index contributed by atoms with van der Waals surface area (Å²) in [6.45, 7) is 3.69. The number of aryl methyl sites for hydroxylation is 2. The minimum atomic E-state index is -3.73. The maximum absolute atomic E-state index is 12.7. The Balaban J connectivity index is 1.47. The average Bonchev–Trinajstić information content (AvgIpc) is 3.03. The van der Waals surface area contributed by atoms with Crippen LogP contribution in [0.15, 0.2) is 34.0 Å². The predicted molar refractivity (Wildman–Crippen MR) is 113 cm³/mol. The van der Waals surface area contributed by atoms with E-state index in [4.69, 9.17) is 0 Å². The van der Waals surface area contributed by atoms with E-state index in [1.54, 1.807) is 23.1 Å². The molecule has 0 bridgehead atoms. The van der Waals surface area contributed by atoms with Crippen molar-refractivity contribution >= 4 is 21.6 Å². The largest absolute Gasteiger partial charge is 0.309 e. The minimum Gasteiger partial charge on any atom is -0.309 e. The maximum atomic E-state index is 12.7. The quantitative estimate of drug-likeness (QED) is 0.773. The summed E-state index contributed by atoms with van der Waals surface area (Å²) in [7, 11) is -3.73. The first-order valence-electron chi connectivity index (χ1n) is 10.3. The van der Waals surface area contributed by atoms with Crippen molar-refractivity contribution in [2.24, 2.45) is 0 Å². The Bertz CT molecular complexity index is 1160. The van der Waals surface area contributed by atoms with Gasteiger partial charge in [0.25, 0.3) is 5.56 Å². The van der Waals surface area contributed by atoms with Crippen molar-refractivity contribution in [1.82, 2.24) is 14.5 Å². The van der Waals surface area contributed by atoms with Gasteiger partial charge in [-0.2, -0.15) is 5.10 Å². The average molecular weight is 431 g/mol. The van der Waals surface area contributed by atoms with Crippen LogP contribution >= 0.6 is 0 Å². The van der Waals surface area contributed by atoms with Gasteiger partial charge in [-0.25, -0.2) is 17.8 Å². The molecule has 0 spiro atoms. The normalized spacial score (nSPS) is 18.2. The Hall–Kier alpha value is -2.52. The van der Waals surface area contributed by atoms with Gasteiger partial charge < -0.3 is 4.90 Å². The molecule has 160 valence electrons. The molecule has 1 aliphatic carbocycles. The smallest absolute Gasteiger partial charge is 0.267 e. The summed E-state index contributed by atoms with van der Waals surface area (Å²) >= 11 is 0. The van der Waals surface area contributed by atoms with Gasteiger partial charge in [-0.05, 0) is 68.4 Å². The van der Waals surface area contributed by atoms with Crippen LogP contribution in [0.2, 0.25) is 0 Å². The SMILES string of the molecule is CC(=O)N1c2ccc(S(=O)(=O)NCCn3nc4c(cc3=O)CCCC4)cc2CC1C. The predicted octanol–water partition coefficient (Wildman–Crippen LogP) is 1.40. The van der Waals surface area contributed by atoms with Gasteiger partial charge in [0, 0.05) is 31.3 Å². The van der Waals surface area contributed by atoms with Crippen LogP contribution < -0.4 is 15.2 Å². The molecule has 1 aliphatic heterocycles. The number of sulfonamides is 1. The fraction of sp³-hybridized carbons (Fsp3) is 0.476. The number of carbonyl (C=O) groups excluding carboxylic acids is 1. The first-order valence-corrected chi connectivity index (χ1v) is 11.8. The van der Waals surface area contributed by atoms with Crippen LogP contribution in [0.1, 0.15) is 43.5 Å². The van der Waals surface area contributed by atoms with Gasteiger partial charge in [-0.3, -0.25) is 9.59 Å². The fourth-order valence-electron chi connectivity index (χ4n) is 4.38. The molecule has 1 N–H and O–H groups in total. The molecule has 9 heteroatoms. The number of fused-ring (bicyclic) bond motifs is 2. The zero-order valence-corrected chi connectivity index (χ0v) is 18.0. The van der Waals surface area contributed by atoms with Crippen LogP contribution in [0.3, 0.4) is 0 Å². The van der Waals surface area contributed by atoms with E-state index in [-0.39, 0.29) is 35.5 Å². The Kier molecular flexibility index (Phi) is 5.50. The van der Waals surface area contributed by atoms with Crippen molar-refractivity contribution in [1.29, 1.82) is 0 Å². The highest BCUT2D eigenvalue weighted by atomic mass is 32.2. The number of rotatable bonds is 5. The molecule has 8 nitrogen and oxygen atoms in total. The van der Waals surface area contributed by atoms with Crippen LogP contribution in [0, 0.1) is 0 Å². The van der Waals surface area contributed by atoms with Crippen LogP contribution in [-0.2, 0) is 40.6 Å². The zero-order valence-electron chi connectivity index (χ0n) is 17.2. The lowest BCUT2D eigenvalue weighted by molar-refractivity contribution is -0.116. The van der Waals surface area contributed by atoms with Crippen molar-refractivity contribution < 1.29 is 13.2 Å². The summed E-state index contributed by atoms with van der Waals surface area (Å²) in [5.74, 6) is -0.0574. The standard InChI is InChI=1S/C21H26N4O4S/c1-14-11-17-12-18(7-8-20(17)25(14)15(2)26)30(28,29)22-9-10-24-21(27)13-16-5-3-4-6-19(16)23-24/h7-8,12-14,22H,3-6,9-11H2,1-2H3. The first kappa shape index (κ1) is 20.7. The van der Waals surface area contributed by atoms with Crippen LogP contribution in [0.4, 0.5) is 5.69 Å². The third-order valence-electron chi connectivity index (χ3n) is 5.81. The molecule has 1 unspecified atom stereocenters. The number of nitrogens with one attached hydrogen (secondary N) is 1. The van der Waals surface area contributed by atoms with E-state index >= 15 is 0 Å². The van der Waals surface area contributed by atoms with Gasteiger partial charge in [0.1, 0.15) is 0 Å². The topological polar surface area (TPSA) is 101 Å². The molecular weight excluding hydrogens is 404 g/mol. The van der Waals surface area contributed by atoms with Crippen LogP contribution in [0.5, 0.6) is 0 Å². The third kappa shape index (κ3) is 3.91. The maximum Gasteiger partial charge on any atom is 0.267 e. The minimum absolute atomic E-state index is 0.00497. The van der Waals surface area contributed by atoms with Crippen molar-refractivity contribution in [2.75, 3.05) is 11.4 Å². The summed E-state index contributed by atoms with van der Waals surface area (Å²) in [5.41, 5.74) is 3.35. The summed E-state index contributed by atoms with van der Waals surface area (Å²) in [5, 5.41) is 4.42. The van der Waals surface area contributed by atoms with Crippen molar-refractivity contribution in [3.8, 4) is 0 Å². The van der Waals surface area contributed by atoms with Crippen molar-refractivity contribution in [2.45, 2.75) is 63.4 Å². The highest BCUT2D eigenvalue weighted by molar-refractivity contribution is 7.89. The summed E-state index contributed by atoms with van der Waals surface area (Å²) < 4.78 is 29.4. The summed E-state index contributed by atoms with van der Waals surface area (Å²) in [6, 6.07) is 6.45. The lowest BCUT2D eigenvalue weighted by Gasteiger charge is -2.20. The summed E-state index contributed by atoms with van der Waals surface area (Å²) in [6.07, 6.45) is 4.48. The highest BCUT2D eigenvalue weighted by Crippen LogP contribution is 2.33. The number of anilines is 1. The van der Waals surface area contributed by atoms with Gasteiger partial charge in [-0.1, -0.05) is 0 Å². The lowest BCUT2D eigenvalue weighted by Crippen LogP contribution is -2.33. The van der Waals surface area contributed by atoms with Gasteiger partial charge in [0.05, 0.1) is 17.1 Å². The second-order valence-corrected chi connectivity index (χ2v) is 9.78. The number of hydrogen-bond acceptors (Lipinski definition) is 5. The van der Waals surface area contributed by atoms with E-state index in [2.05, 4.69) is 9.82 Å². The van der Waals surface area contributed by atoms with Gasteiger partial charge in [0.2, 0.25) is 15.9 Å². The Morgan fingerprint density at radius 3 is 2.73 bits per heavy atom. The Morgan fingerprint density at radius 1 is 1.20 bits per heavy atom. The second kappa shape index (κ2) is 7.96. The van der Waals surface area contributed by atoms with Gasteiger partial charge in [-0.15, -0.1) is 0 Å². The number of benzene rings is 1. The number of carbonyl (C=O) groups is 1. The molecule has 1 aromatic heterocycles. The number of aromatic nitrogens is 2. The van der Waals surface area contributed by atoms with Crippen LogP contribution in [-0.4, -0.2) is 36.7 Å². The van der Waals surface area contributed by atoms with E-state index in [9.17, 15) is 18.0 Å². The molecule has 1 amide bonds. The molecule has 2 aliphatic rings. The van der Waals surface area contributed by atoms with Crippen molar-refractivity contribution in [3.05, 3.63) is 51.4 Å². The van der Waals surface area contributed by atoms with E-state index in [1.165, 1.54) is 17.7 Å². The Labute approximate surface area is 176 Å². The molecule has 0 fully saturated rings. The number of hydrogen-bond donors (Lipinski definition) is 1. The van der Waals surface area contributed by atoms with Crippen LogP contribution in [0.25, 0.3) is 0 Å². The molecule has 0 saturated carbocycles. The van der Waals surface area contributed by atoms with E-state index < -0.39 is 10.0 Å². The van der Waals surface area contributed by atoms with Crippen molar-refractivity contribution in [3.63, 3.8) is 0 Å². The Morgan fingerprint density at radius 2 is 1.97 bits per heavy atom. The molecule has 2 heterocycles. The molecule has 0 saturated heterocycles. The molecule has 4 rings (SSSR count). The van der Waals surface area contributed by atoms with E-state index in [0.717, 1.165) is 48.2 Å². The second-order valence-electron chi connectivity index (χ2n) is 8.02. The highest BCUT2D eigenvalue weighted by Gasteiger charge is 2.30. The molecule has 30 heavy (non-hydrogen) atoms. The molecule has 0 radical (unpaired) electrons. The van der Waals surface area contributed by atoms with Gasteiger partial charge in [0.15, 0.2) is 0 Å². The summed E-state index contributed by atoms with van der Waals surface area (Å²) in [4.78, 5) is 26.0. The van der Waals surface area contributed by atoms with E-state index in [1.807, 2.05) is 6.92 Å². The third-order valence-corrected chi connectivity index (χ3v) is 7.26. The monoisotopic (exact) mass is 430 g/mol. The molecule has 2 aromatic rings. The van der Waals surface area contributed by atoms with Gasteiger partial charge >= 0.3 is 0 Å². The molecule has 1 atom stereocenters. The molecular formula is C21H26N4O4S. The number of amides is 1. The fourth-order valence-corrected chi connectivity index (χ4v) is 5.46. The van der Waals surface area contributed by atoms with E-state index in [0.29, 0.717) is 6.42 Å². The number of nitrogens with zero attached hydrogens (tertiary/aromatic N) is 3. The first-order chi connectivity index (χ1) is 14.3.